The van der Waals surface area contributed by atoms with Crippen LogP contribution in [0.5, 0.6) is 0 Å². The van der Waals surface area contributed by atoms with E-state index in [-0.39, 0.29) is 0 Å². The van der Waals surface area contributed by atoms with Crippen LogP contribution < -0.4 is 5.73 Å². The van der Waals surface area contributed by atoms with Crippen molar-refractivity contribution in [1.29, 1.82) is 0 Å². The molecular weight excluding hydrogens is 300 g/mol. The van der Waals surface area contributed by atoms with Crippen molar-refractivity contribution in [2.24, 2.45) is 17.6 Å². The van der Waals surface area contributed by atoms with E-state index >= 15 is 0 Å². The lowest BCUT2D eigenvalue weighted by atomic mass is 9.89. The summed E-state index contributed by atoms with van der Waals surface area (Å²) in [7, 11) is 0. The van der Waals surface area contributed by atoms with E-state index in [0.717, 1.165) is 24.9 Å². The minimum atomic E-state index is 0.349. The van der Waals surface area contributed by atoms with Crippen LogP contribution in [0.4, 0.5) is 0 Å². The topological polar surface area (TPSA) is 29.3 Å². The Labute approximate surface area is 125 Å². The average Bonchev–Trinajstić information content (AvgIpc) is 2.33. The van der Waals surface area contributed by atoms with Gasteiger partial charge in [0, 0.05) is 30.1 Å². The summed E-state index contributed by atoms with van der Waals surface area (Å²) in [5.74, 6) is 1.54. The molecule has 3 heteroatoms. The number of likely N-dealkylation sites (tertiary alicyclic amines) is 1. The van der Waals surface area contributed by atoms with Crippen LogP contribution in [0.3, 0.4) is 0 Å². The maximum absolute atomic E-state index is 6.06. The molecule has 1 heterocycles. The second-order valence-corrected chi connectivity index (χ2v) is 7.01. The van der Waals surface area contributed by atoms with Crippen LogP contribution in [0.1, 0.15) is 37.4 Å². The normalized spacial score (nSPS) is 26.4. The van der Waals surface area contributed by atoms with E-state index in [1.165, 1.54) is 22.0 Å². The number of nitrogens with zero attached hydrogens (tertiary/aromatic N) is 1. The number of halogens is 1. The summed E-state index contributed by atoms with van der Waals surface area (Å²) in [6.07, 6.45) is 1.34. The molecule has 106 valence electrons. The molecule has 0 bridgehead atoms. The van der Waals surface area contributed by atoms with Gasteiger partial charge in [-0.3, -0.25) is 4.90 Å². The second kappa shape index (κ2) is 6.38. The molecule has 1 aliphatic rings. The first-order chi connectivity index (χ1) is 9.01. The number of aryl methyl sites for hydroxylation is 1. The van der Waals surface area contributed by atoms with Crippen LogP contribution in [0, 0.1) is 18.8 Å². The fourth-order valence-corrected chi connectivity index (χ4v) is 3.67. The Morgan fingerprint density at radius 1 is 1.32 bits per heavy atom. The van der Waals surface area contributed by atoms with Crippen molar-refractivity contribution in [3.8, 4) is 0 Å². The Morgan fingerprint density at radius 3 is 2.47 bits per heavy atom. The highest BCUT2D eigenvalue weighted by atomic mass is 79.9. The van der Waals surface area contributed by atoms with Crippen molar-refractivity contribution in [1.82, 2.24) is 4.90 Å². The van der Waals surface area contributed by atoms with Gasteiger partial charge in [0.25, 0.3) is 0 Å². The van der Waals surface area contributed by atoms with E-state index in [1.54, 1.807) is 0 Å². The van der Waals surface area contributed by atoms with Crippen LogP contribution in [0.15, 0.2) is 22.7 Å². The third-order valence-corrected chi connectivity index (χ3v) is 5.00. The van der Waals surface area contributed by atoms with Gasteiger partial charge in [-0.2, -0.15) is 0 Å². The van der Waals surface area contributed by atoms with Crippen molar-refractivity contribution in [3.05, 3.63) is 33.8 Å². The molecular formula is C16H25BrN2. The van der Waals surface area contributed by atoms with E-state index in [2.05, 4.69) is 59.8 Å². The number of hydrogen-bond acceptors (Lipinski definition) is 2. The Morgan fingerprint density at radius 2 is 1.95 bits per heavy atom. The van der Waals surface area contributed by atoms with Crippen LogP contribution in [-0.2, 0) is 0 Å². The second-order valence-electron chi connectivity index (χ2n) is 6.16. The monoisotopic (exact) mass is 324 g/mol. The predicted molar refractivity (Wildman–Crippen MR) is 85.2 cm³/mol. The molecule has 0 radical (unpaired) electrons. The maximum atomic E-state index is 6.06. The average molecular weight is 325 g/mol. The standard InChI is InChI=1S/C16H25BrN2/c1-11-6-12(2)10-19(9-11)16(8-18)14-5-4-13(3)15(17)7-14/h4-5,7,11-12,16H,6,8-10,18H2,1-3H3. The molecule has 0 saturated carbocycles. The fraction of sp³-hybridized carbons (Fsp3) is 0.625. The highest BCUT2D eigenvalue weighted by molar-refractivity contribution is 9.10. The molecule has 1 fully saturated rings. The number of piperidine rings is 1. The van der Waals surface area contributed by atoms with Crippen molar-refractivity contribution < 1.29 is 0 Å². The lowest BCUT2D eigenvalue weighted by molar-refractivity contribution is 0.0984. The number of nitrogens with two attached hydrogens (primary N) is 1. The molecule has 3 unspecified atom stereocenters. The van der Waals surface area contributed by atoms with E-state index in [1.807, 2.05) is 0 Å². The van der Waals surface area contributed by atoms with Crippen molar-refractivity contribution >= 4 is 15.9 Å². The van der Waals surface area contributed by atoms with Crippen LogP contribution in [-0.4, -0.2) is 24.5 Å². The quantitative estimate of drug-likeness (QED) is 0.917. The van der Waals surface area contributed by atoms with E-state index < -0.39 is 0 Å². The van der Waals surface area contributed by atoms with E-state index in [0.29, 0.717) is 12.6 Å². The molecule has 0 amide bonds. The lowest BCUT2D eigenvalue weighted by Crippen LogP contribution is -2.43. The minimum absolute atomic E-state index is 0.349. The molecule has 1 aromatic carbocycles. The fourth-order valence-electron chi connectivity index (χ4n) is 3.28. The van der Waals surface area contributed by atoms with Gasteiger partial charge in [-0.25, -0.2) is 0 Å². The summed E-state index contributed by atoms with van der Waals surface area (Å²) in [5.41, 5.74) is 8.67. The zero-order valence-corrected chi connectivity index (χ0v) is 13.8. The van der Waals surface area contributed by atoms with Gasteiger partial charge in [0.05, 0.1) is 0 Å². The zero-order valence-electron chi connectivity index (χ0n) is 12.2. The molecule has 2 N–H and O–H groups in total. The first-order valence-corrected chi connectivity index (χ1v) is 8.00. The largest absolute Gasteiger partial charge is 0.329 e. The highest BCUT2D eigenvalue weighted by Gasteiger charge is 2.27. The van der Waals surface area contributed by atoms with Gasteiger partial charge >= 0.3 is 0 Å². The minimum Gasteiger partial charge on any atom is -0.329 e. The van der Waals surface area contributed by atoms with Gasteiger partial charge in [-0.15, -0.1) is 0 Å². The van der Waals surface area contributed by atoms with Gasteiger partial charge in [0.2, 0.25) is 0 Å². The number of hydrogen-bond donors (Lipinski definition) is 1. The molecule has 0 spiro atoms. The summed E-state index contributed by atoms with van der Waals surface area (Å²) in [6, 6.07) is 6.99. The summed E-state index contributed by atoms with van der Waals surface area (Å²) in [4.78, 5) is 2.57. The molecule has 3 atom stereocenters. The molecule has 19 heavy (non-hydrogen) atoms. The molecule has 0 aromatic heterocycles. The van der Waals surface area contributed by atoms with Gasteiger partial charge in [0.1, 0.15) is 0 Å². The SMILES string of the molecule is Cc1ccc(C(CN)N2CC(C)CC(C)C2)cc1Br. The molecule has 1 saturated heterocycles. The van der Waals surface area contributed by atoms with Crippen molar-refractivity contribution in [2.75, 3.05) is 19.6 Å². The molecule has 2 nitrogen and oxygen atoms in total. The van der Waals surface area contributed by atoms with Crippen LogP contribution in [0.25, 0.3) is 0 Å². The summed E-state index contributed by atoms with van der Waals surface area (Å²) >= 11 is 3.63. The smallest absolute Gasteiger partial charge is 0.0471 e. The lowest BCUT2D eigenvalue weighted by Gasteiger charge is -2.40. The third-order valence-electron chi connectivity index (χ3n) is 4.14. The van der Waals surface area contributed by atoms with Crippen LogP contribution in [0.2, 0.25) is 0 Å². The number of rotatable bonds is 3. The van der Waals surface area contributed by atoms with Gasteiger partial charge in [0.15, 0.2) is 0 Å². The molecule has 2 rings (SSSR count). The first kappa shape index (κ1) is 15.0. The maximum Gasteiger partial charge on any atom is 0.0471 e. The van der Waals surface area contributed by atoms with Crippen LogP contribution >= 0.6 is 15.9 Å². The summed E-state index contributed by atoms with van der Waals surface area (Å²) in [6.45, 7) is 9.84. The number of benzene rings is 1. The van der Waals surface area contributed by atoms with E-state index in [9.17, 15) is 0 Å². The summed E-state index contributed by atoms with van der Waals surface area (Å²) in [5, 5.41) is 0. The first-order valence-electron chi connectivity index (χ1n) is 7.21. The van der Waals surface area contributed by atoms with Gasteiger partial charge < -0.3 is 5.73 Å². The predicted octanol–water partition coefficient (Wildman–Crippen LogP) is 3.74. The van der Waals surface area contributed by atoms with E-state index in [4.69, 9.17) is 5.73 Å². The zero-order chi connectivity index (χ0) is 14.0. The molecule has 1 aromatic rings. The van der Waals surface area contributed by atoms with Crippen molar-refractivity contribution in [3.63, 3.8) is 0 Å². The Bertz CT molecular complexity index is 423. The molecule has 1 aliphatic heterocycles. The van der Waals surface area contributed by atoms with Crippen molar-refractivity contribution in [2.45, 2.75) is 33.2 Å². The highest BCUT2D eigenvalue weighted by Crippen LogP contribution is 2.30. The summed E-state index contributed by atoms with van der Waals surface area (Å²) < 4.78 is 1.18. The van der Waals surface area contributed by atoms with Gasteiger partial charge in [-0.1, -0.05) is 41.9 Å². The third kappa shape index (κ3) is 3.59. The Kier molecular flexibility index (Phi) is 5.04. The Balaban J connectivity index is 2.21. The Hall–Kier alpha value is -0.380. The molecule has 0 aliphatic carbocycles. The van der Waals surface area contributed by atoms with Gasteiger partial charge in [-0.05, 0) is 42.4 Å².